The Labute approximate surface area is 185 Å². The quantitative estimate of drug-likeness (QED) is 0.410. The molecule has 0 radical (unpaired) electrons. The molecule has 7 nitrogen and oxygen atoms in total. The number of nitrogens with one attached hydrogen (secondary N) is 1. The average Bonchev–Trinajstić information content (AvgIpc) is 3.09. The Hall–Kier alpha value is -2.39. The summed E-state index contributed by atoms with van der Waals surface area (Å²) in [5, 5.41) is 13.1. The van der Waals surface area contributed by atoms with Crippen LogP contribution >= 0.6 is 23.5 Å². The molecule has 0 aliphatic carbocycles. The van der Waals surface area contributed by atoms with E-state index in [0.717, 1.165) is 50.9 Å². The molecule has 30 heavy (non-hydrogen) atoms. The van der Waals surface area contributed by atoms with Gasteiger partial charge in [-0.3, -0.25) is 4.79 Å². The minimum atomic E-state index is -0.0531. The van der Waals surface area contributed by atoms with E-state index < -0.39 is 0 Å². The van der Waals surface area contributed by atoms with Crippen LogP contribution in [0.2, 0.25) is 0 Å². The average molecular weight is 443 g/mol. The lowest BCUT2D eigenvalue weighted by atomic mass is 10.1. The third kappa shape index (κ3) is 5.60. The maximum absolute atomic E-state index is 12.5. The predicted molar refractivity (Wildman–Crippen MR) is 122 cm³/mol. The second kappa shape index (κ2) is 10.1. The Balaban J connectivity index is 1.62. The van der Waals surface area contributed by atoms with Crippen LogP contribution in [0.3, 0.4) is 0 Å². The molecule has 1 N–H and O–H groups in total. The summed E-state index contributed by atoms with van der Waals surface area (Å²) in [5.41, 5.74) is 4.89. The van der Waals surface area contributed by atoms with Gasteiger partial charge in [0, 0.05) is 23.6 Å². The van der Waals surface area contributed by atoms with Gasteiger partial charge in [0.2, 0.25) is 5.91 Å². The number of amides is 1. The first-order valence-corrected chi connectivity index (χ1v) is 11.7. The van der Waals surface area contributed by atoms with Crippen molar-refractivity contribution >= 4 is 35.1 Å². The molecule has 0 bridgehead atoms. The second-order valence-electron chi connectivity index (χ2n) is 6.97. The minimum Gasteiger partial charge on any atom is -0.325 e. The highest BCUT2D eigenvalue weighted by atomic mass is 32.2. The van der Waals surface area contributed by atoms with Crippen LogP contribution in [0.4, 0.5) is 5.69 Å². The van der Waals surface area contributed by atoms with Crippen molar-refractivity contribution in [2.45, 2.75) is 57.2 Å². The van der Waals surface area contributed by atoms with E-state index in [9.17, 15) is 4.79 Å². The van der Waals surface area contributed by atoms with Crippen LogP contribution in [-0.4, -0.2) is 36.4 Å². The van der Waals surface area contributed by atoms with Crippen LogP contribution < -0.4 is 5.32 Å². The fourth-order valence-corrected chi connectivity index (χ4v) is 4.76. The van der Waals surface area contributed by atoms with Gasteiger partial charge < -0.3 is 9.88 Å². The second-order valence-corrected chi connectivity index (χ2v) is 8.85. The van der Waals surface area contributed by atoms with Crippen molar-refractivity contribution in [3.05, 3.63) is 52.6 Å². The Kier molecular flexibility index (Phi) is 7.49. The number of benzene rings is 1. The Morgan fingerprint density at radius 1 is 1.03 bits per heavy atom. The number of aryl methyl sites for hydroxylation is 4. The monoisotopic (exact) mass is 442 g/mol. The lowest BCUT2D eigenvalue weighted by Gasteiger charge is -2.11. The summed E-state index contributed by atoms with van der Waals surface area (Å²) in [7, 11) is 0. The molecular formula is C21H26N6OS2. The van der Waals surface area contributed by atoms with Gasteiger partial charge in [-0.15, -0.1) is 10.2 Å². The highest BCUT2D eigenvalue weighted by molar-refractivity contribution is 7.99. The molecule has 0 unspecified atom stereocenters. The molecular weight excluding hydrogens is 416 g/mol. The van der Waals surface area contributed by atoms with Crippen LogP contribution in [-0.2, 0) is 17.1 Å². The molecule has 9 heteroatoms. The van der Waals surface area contributed by atoms with Gasteiger partial charge in [0.15, 0.2) is 10.3 Å². The summed E-state index contributed by atoms with van der Waals surface area (Å²) in [4.78, 5) is 21.4. The largest absolute Gasteiger partial charge is 0.325 e. The van der Waals surface area contributed by atoms with Crippen molar-refractivity contribution in [1.29, 1.82) is 0 Å². The number of thioether (sulfide) groups is 2. The summed E-state index contributed by atoms with van der Waals surface area (Å²) in [6.07, 6.45) is 0. The summed E-state index contributed by atoms with van der Waals surface area (Å²) >= 11 is 2.93. The van der Waals surface area contributed by atoms with E-state index in [-0.39, 0.29) is 11.7 Å². The summed E-state index contributed by atoms with van der Waals surface area (Å²) < 4.78 is 2.03. The standard InChI is InChI=1S/C21H26N6OS2/c1-6-27-17(11-29-20-22-15(4)10-16(5)23-20)25-26-21(27)30-12-18(28)24-19-13(2)8-7-9-14(19)3/h7-10H,6,11-12H2,1-5H3,(H,24,28). The lowest BCUT2D eigenvalue weighted by molar-refractivity contribution is -0.113. The molecule has 0 aliphatic heterocycles. The van der Waals surface area contributed by atoms with Crippen molar-refractivity contribution in [1.82, 2.24) is 24.7 Å². The smallest absolute Gasteiger partial charge is 0.234 e. The summed E-state index contributed by atoms with van der Waals surface area (Å²) in [6, 6.07) is 7.93. The van der Waals surface area contributed by atoms with Gasteiger partial charge in [0.1, 0.15) is 5.82 Å². The Morgan fingerprint density at radius 2 is 1.70 bits per heavy atom. The Morgan fingerprint density at radius 3 is 2.33 bits per heavy atom. The van der Waals surface area contributed by atoms with E-state index >= 15 is 0 Å². The maximum Gasteiger partial charge on any atom is 0.234 e. The van der Waals surface area contributed by atoms with Gasteiger partial charge in [0.05, 0.1) is 11.5 Å². The fourth-order valence-electron chi connectivity index (χ4n) is 3.05. The van der Waals surface area contributed by atoms with Gasteiger partial charge in [-0.1, -0.05) is 41.7 Å². The number of nitrogens with zero attached hydrogens (tertiary/aromatic N) is 5. The highest BCUT2D eigenvalue weighted by Crippen LogP contribution is 2.24. The highest BCUT2D eigenvalue weighted by Gasteiger charge is 2.15. The van der Waals surface area contributed by atoms with E-state index in [2.05, 4.69) is 25.5 Å². The Bertz CT molecular complexity index is 1010. The van der Waals surface area contributed by atoms with Crippen molar-refractivity contribution in [2.24, 2.45) is 0 Å². The number of anilines is 1. The minimum absolute atomic E-state index is 0.0531. The molecule has 2 heterocycles. The van der Waals surface area contributed by atoms with E-state index in [1.165, 1.54) is 23.5 Å². The number of carbonyl (C=O) groups is 1. The maximum atomic E-state index is 12.5. The zero-order valence-electron chi connectivity index (χ0n) is 17.9. The van der Waals surface area contributed by atoms with Crippen molar-refractivity contribution in [2.75, 3.05) is 11.1 Å². The van der Waals surface area contributed by atoms with E-state index in [1.807, 2.05) is 63.5 Å². The number of para-hydroxylation sites is 1. The van der Waals surface area contributed by atoms with Crippen molar-refractivity contribution < 1.29 is 4.79 Å². The van der Waals surface area contributed by atoms with Crippen LogP contribution in [0.25, 0.3) is 0 Å². The van der Waals surface area contributed by atoms with E-state index in [0.29, 0.717) is 5.75 Å². The first-order chi connectivity index (χ1) is 14.4. The lowest BCUT2D eigenvalue weighted by Crippen LogP contribution is -2.16. The molecule has 3 rings (SSSR count). The topological polar surface area (TPSA) is 85.6 Å². The van der Waals surface area contributed by atoms with E-state index in [4.69, 9.17) is 0 Å². The molecule has 0 saturated heterocycles. The van der Waals surface area contributed by atoms with Gasteiger partial charge in [-0.05, 0) is 51.8 Å². The number of hydrogen-bond acceptors (Lipinski definition) is 7. The first kappa shape index (κ1) is 22.3. The van der Waals surface area contributed by atoms with Crippen LogP contribution in [0.5, 0.6) is 0 Å². The first-order valence-electron chi connectivity index (χ1n) is 9.73. The summed E-state index contributed by atoms with van der Waals surface area (Å²) in [6.45, 7) is 10.7. The molecule has 1 aromatic carbocycles. The number of carbonyl (C=O) groups excluding carboxylic acids is 1. The van der Waals surface area contributed by atoms with Gasteiger partial charge in [0.25, 0.3) is 0 Å². The molecule has 3 aromatic rings. The fraction of sp³-hybridized carbons (Fsp3) is 0.381. The predicted octanol–water partition coefficient (Wildman–Crippen LogP) is 4.34. The normalized spacial score (nSPS) is 11.0. The van der Waals surface area contributed by atoms with E-state index in [1.54, 1.807) is 0 Å². The van der Waals surface area contributed by atoms with Crippen molar-refractivity contribution in [3.8, 4) is 0 Å². The number of rotatable bonds is 8. The third-order valence-electron chi connectivity index (χ3n) is 4.48. The molecule has 2 aromatic heterocycles. The summed E-state index contributed by atoms with van der Waals surface area (Å²) in [5.74, 6) is 1.70. The molecule has 0 saturated carbocycles. The van der Waals surface area contributed by atoms with Crippen molar-refractivity contribution in [3.63, 3.8) is 0 Å². The van der Waals surface area contributed by atoms with Crippen LogP contribution in [0.1, 0.15) is 35.3 Å². The van der Waals surface area contributed by atoms with Crippen LogP contribution in [0, 0.1) is 27.7 Å². The third-order valence-corrected chi connectivity index (χ3v) is 6.29. The van der Waals surface area contributed by atoms with Crippen LogP contribution in [0.15, 0.2) is 34.6 Å². The molecule has 1 amide bonds. The van der Waals surface area contributed by atoms with Gasteiger partial charge >= 0.3 is 0 Å². The van der Waals surface area contributed by atoms with Gasteiger partial charge in [-0.2, -0.15) is 0 Å². The molecule has 158 valence electrons. The SMILES string of the molecule is CCn1c(CSc2nc(C)cc(C)n2)nnc1SCC(=O)Nc1c(C)cccc1C. The number of hydrogen-bond donors (Lipinski definition) is 1. The number of aromatic nitrogens is 5. The molecule has 0 fully saturated rings. The zero-order valence-corrected chi connectivity index (χ0v) is 19.5. The molecule has 0 aliphatic rings. The van der Waals surface area contributed by atoms with Gasteiger partial charge in [-0.25, -0.2) is 9.97 Å². The molecule has 0 spiro atoms. The molecule has 0 atom stereocenters. The zero-order chi connectivity index (χ0) is 21.7.